The Labute approximate surface area is 161 Å². The number of rotatable bonds is 10. The van der Waals surface area contributed by atoms with Gasteiger partial charge in [-0.05, 0) is 25.7 Å². The van der Waals surface area contributed by atoms with E-state index in [1.54, 1.807) is 6.08 Å². The second kappa shape index (κ2) is 12.4. The number of aliphatic hydroxyl groups excluding tert-OH is 5. The van der Waals surface area contributed by atoms with E-state index in [0.29, 0.717) is 25.7 Å². The predicted octanol–water partition coefficient (Wildman–Crippen LogP) is -0.816. The molecule has 7 atom stereocenters. The number of carbonyl (C=O) groups is 1. The Balaban J connectivity index is 2.76. The van der Waals surface area contributed by atoms with Crippen LogP contribution < -0.4 is 10.6 Å². The number of hydrogen-bond donors (Lipinski definition) is 7. The maximum absolute atomic E-state index is 12.0. The average molecular weight is 389 g/mol. The first-order chi connectivity index (χ1) is 12.8. The maximum Gasteiger partial charge on any atom is 0.220 e. The lowest BCUT2D eigenvalue weighted by Crippen LogP contribution is -2.56. The SMILES string of the molecule is CCCC(=O)NC(CNC1CC=CCC(O)C(O)C1O)C(O)CC(O)CC. The summed E-state index contributed by atoms with van der Waals surface area (Å²) in [6.07, 6.45) is 0.771. The summed E-state index contributed by atoms with van der Waals surface area (Å²) >= 11 is 0. The molecule has 1 rings (SSSR count). The van der Waals surface area contributed by atoms with E-state index < -0.39 is 42.6 Å². The minimum Gasteiger partial charge on any atom is -0.393 e. The van der Waals surface area contributed by atoms with Crippen molar-refractivity contribution >= 4 is 5.91 Å². The van der Waals surface area contributed by atoms with E-state index in [1.165, 1.54) is 0 Å². The van der Waals surface area contributed by atoms with E-state index in [9.17, 15) is 30.3 Å². The summed E-state index contributed by atoms with van der Waals surface area (Å²) in [6.45, 7) is 3.85. The van der Waals surface area contributed by atoms with Crippen LogP contribution >= 0.6 is 0 Å². The third-order valence-corrected chi connectivity index (χ3v) is 4.96. The molecule has 158 valence electrons. The highest BCUT2D eigenvalue weighted by molar-refractivity contribution is 5.76. The van der Waals surface area contributed by atoms with Gasteiger partial charge < -0.3 is 36.2 Å². The molecule has 0 fully saturated rings. The molecule has 27 heavy (non-hydrogen) atoms. The Morgan fingerprint density at radius 1 is 1.11 bits per heavy atom. The highest BCUT2D eigenvalue weighted by atomic mass is 16.4. The Hall–Kier alpha value is -1.03. The second-order valence-corrected chi connectivity index (χ2v) is 7.30. The third kappa shape index (κ3) is 8.25. The van der Waals surface area contributed by atoms with E-state index in [0.717, 1.165) is 0 Å². The smallest absolute Gasteiger partial charge is 0.220 e. The zero-order valence-electron chi connectivity index (χ0n) is 16.3. The van der Waals surface area contributed by atoms with Crippen molar-refractivity contribution in [1.82, 2.24) is 10.6 Å². The molecule has 0 aromatic rings. The fourth-order valence-electron chi connectivity index (χ4n) is 3.10. The number of carbonyl (C=O) groups excluding carboxylic acids is 1. The van der Waals surface area contributed by atoms with Gasteiger partial charge in [0.25, 0.3) is 0 Å². The van der Waals surface area contributed by atoms with Gasteiger partial charge in [0.2, 0.25) is 5.91 Å². The molecule has 0 saturated heterocycles. The summed E-state index contributed by atoms with van der Waals surface area (Å²) in [5.74, 6) is -0.192. The second-order valence-electron chi connectivity index (χ2n) is 7.30. The molecule has 0 aromatic carbocycles. The lowest BCUT2D eigenvalue weighted by atomic mass is 9.93. The summed E-state index contributed by atoms with van der Waals surface area (Å²) in [5.41, 5.74) is 0. The first-order valence-electron chi connectivity index (χ1n) is 9.88. The van der Waals surface area contributed by atoms with Crippen molar-refractivity contribution in [3.8, 4) is 0 Å². The molecule has 0 aromatic heterocycles. The zero-order chi connectivity index (χ0) is 20.4. The Bertz CT molecular complexity index is 461. The molecule has 7 unspecified atom stereocenters. The van der Waals surface area contributed by atoms with Gasteiger partial charge in [-0.15, -0.1) is 0 Å². The van der Waals surface area contributed by atoms with Gasteiger partial charge in [0, 0.05) is 25.4 Å². The van der Waals surface area contributed by atoms with Crippen molar-refractivity contribution in [3.05, 3.63) is 12.2 Å². The predicted molar refractivity (Wildman–Crippen MR) is 102 cm³/mol. The summed E-state index contributed by atoms with van der Waals surface area (Å²) in [5, 5.41) is 56.3. The molecule has 0 heterocycles. The van der Waals surface area contributed by atoms with Crippen LogP contribution in [0.25, 0.3) is 0 Å². The molecule has 8 heteroatoms. The van der Waals surface area contributed by atoms with Gasteiger partial charge in [-0.25, -0.2) is 0 Å². The third-order valence-electron chi connectivity index (χ3n) is 4.96. The zero-order valence-corrected chi connectivity index (χ0v) is 16.3. The van der Waals surface area contributed by atoms with Crippen LogP contribution in [0.4, 0.5) is 0 Å². The van der Waals surface area contributed by atoms with Crippen molar-refractivity contribution in [2.75, 3.05) is 6.54 Å². The normalized spacial score (nSPS) is 29.4. The molecule has 0 radical (unpaired) electrons. The first kappa shape index (κ1) is 24.0. The summed E-state index contributed by atoms with van der Waals surface area (Å²) in [4.78, 5) is 12.0. The minimum absolute atomic E-state index is 0.129. The van der Waals surface area contributed by atoms with E-state index in [-0.39, 0.29) is 25.3 Å². The van der Waals surface area contributed by atoms with Crippen LogP contribution in [0.3, 0.4) is 0 Å². The molecule has 1 aliphatic rings. The lowest BCUT2D eigenvalue weighted by molar-refractivity contribution is -0.123. The van der Waals surface area contributed by atoms with Gasteiger partial charge >= 0.3 is 0 Å². The number of hydrogen-bond acceptors (Lipinski definition) is 7. The molecule has 7 N–H and O–H groups in total. The highest BCUT2D eigenvalue weighted by Crippen LogP contribution is 2.15. The number of amides is 1. The van der Waals surface area contributed by atoms with Crippen LogP contribution in [0, 0.1) is 0 Å². The fourth-order valence-corrected chi connectivity index (χ4v) is 3.10. The van der Waals surface area contributed by atoms with Crippen molar-refractivity contribution in [1.29, 1.82) is 0 Å². The van der Waals surface area contributed by atoms with Crippen LogP contribution in [0.15, 0.2) is 12.2 Å². The molecular formula is C19H36N2O6. The van der Waals surface area contributed by atoms with Crippen LogP contribution in [-0.2, 0) is 4.79 Å². The largest absolute Gasteiger partial charge is 0.393 e. The van der Waals surface area contributed by atoms with Crippen LogP contribution in [0.5, 0.6) is 0 Å². The van der Waals surface area contributed by atoms with Gasteiger partial charge in [0.15, 0.2) is 0 Å². The quantitative estimate of drug-likeness (QED) is 0.243. The van der Waals surface area contributed by atoms with E-state index in [4.69, 9.17) is 0 Å². The summed E-state index contributed by atoms with van der Waals surface area (Å²) in [6, 6.07) is -1.19. The Morgan fingerprint density at radius 2 is 1.78 bits per heavy atom. The topological polar surface area (TPSA) is 142 Å². The van der Waals surface area contributed by atoms with Crippen LogP contribution in [0.1, 0.15) is 52.4 Å². The first-order valence-corrected chi connectivity index (χ1v) is 9.88. The molecule has 1 amide bonds. The fraction of sp³-hybridized carbons (Fsp3) is 0.842. The standard InChI is InChI=1S/C19H36N2O6/c1-3-7-17(25)21-14(16(24)10-12(22)4-2)11-20-13-8-5-6-9-15(23)19(27)18(13)26/h5-6,12-16,18-20,22-24,26-27H,3-4,7-11H2,1-2H3,(H,21,25). The molecule has 0 bridgehead atoms. The van der Waals surface area contributed by atoms with Gasteiger partial charge in [-0.2, -0.15) is 0 Å². The summed E-state index contributed by atoms with van der Waals surface area (Å²) < 4.78 is 0. The molecule has 1 aliphatic carbocycles. The number of nitrogens with one attached hydrogen (secondary N) is 2. The molecule has 0 aliphatic heterocycles. The van der Waals surface area contributed by atoms with Crippen LogP contribution in [-0.4, -0.2) is 80.6 Å². The number of aliphatic hydroxyl groups is 5. The van der Waals surface area contributed by atoms with Gasteiger partial charge in [-0.1, -0.05) is 26.0 Å². The van der Waals surface area contributed by atoms with E-state index >= 15 is 0 Å². The maximum atomic E-state index is 12.0. The monoisotopic (exact) mass is 388 g/mol. The van der Waals surface area contributed by atoms with Crippen molar-refractivity contribution in [3.63, 3.8) is 0 Å². The van der Waals surface area contributed by atoms with Gasteiger partial charge in [-0.3, -0.25) is 4.79 Å². The van der Waals surface area contributed by atoms with E-state index in [2.05, 4.69) is 10.6 Å². The van der Waals surface area contributed by atoms with Crippen molar-refractivity contribution in [2.45, 2.75) is 95.0 Å². The van der Waals surface area contributed by atoms with E-state index in [1.807, 2.05) is 19.9 Å². The molecular weight excluding hydrogens is 352 g/mol. The van der Waals surface area contributed by atoms with Gasteiger partial charge in [0.05, 0.1) is 30.5 Å². The Kier molecular flexibility index (Phi) is 11.1. The Morgan fingerprint density at radius 3 is 2.41 bits per heavy atom. The van der Waals surface area contributed by atoms with Crippen molar-refractivity contribution in [2.24, 2.45) is 0 Å². The highest BCUT2D eigenvalue weighted by Gasteiger charge is 2.32. The molecule has 0 spiro atoms. The average Bonchev–Trinajstić information content (AvgIpc) is 2.64. The summed E-state index contributed by atoms with van der Waals surface area (Å²) in [7, 11) is 0. The lowest BCUT2D eigenvalue weighted by Gasteiger charge is -2.33. The minimum atomic E-state index is -1.28. The molecule has 0 saturated carbocycles. The van der Waals surface area contributed by atoms with Crippen molar-refractivity contribution < 1.29 is 30.3 Å². The molecule has 8 nitrogen and oxygen atoms in total. The van der Waals surface area contributed by atoms with Gasteiger partial charge in [0.1, 0.15) is 6.10 Å². The van der Waals surface area contributed by atoms with Crippen LogP contribution in [0.2, 0.25) is 0 Å².